The molecule has 0 spiro atoms. The zero-order valence-electron chi connectivity index (χ0n) is 23.4. The van der Waals surface area contributed by atoms with E-state index in [4.69, 9.17) is 10.5 Å². The van der Waals surface area contributed by atoms with Gasteiger partial charge in [-0.1, -0.05) is 19.9 Å². The van der Waals surface area contributed by atoms with Gasteiger partial charge in [0.1, 0.15) is 17.6 Å². The number of anilines is 1. The lowest BCUT2D eigenvalue weighted by atomic mass is 9.68. The number of nitrogen functional groups attached to an aromatic ring is 1. The van der Waals surface area contributed by atoms with Gasteiger partial charge in [-0.05, 0) is 93.9 Å². The molecule has 7 nitrogen and oxygen atoms in total. The molecule has 1 fully saturated rings. The summed E-state index contributed by atoms with van der Waals surface area (Å²) in [4.78, 5) is 27.9. The summed E-state index contributed by atoms with van der Waals surface area (Å²) in [5.41, 5.74) is 12.7. The predicted octanol–water partition coefficient (Wildman–Crippen LogP) is 4.23. The molecule has 5 rings (SSSR count). The van der Waals surface area contributed by atoms with E-state index in [2.05, 4.69) is 31.9 Å². The maximum Gasteiger partial charge on any atom is 0.194 e. The summed E-state index contributed by atoms with van der Waals surface area (Å²) < 4.78 is 6.32. The molecule has 2 N–H and O–H groups in total. The lowest BCUT2D eigenvalue weighted by Crippen LogP contribution is -2.36. The summed E-state index contributed by atoms with van der Waals surface area (Å²) >= 11 is 0. The minimum absolute atomic E-state index is 0.0188. The maximum atomic E-state index is 13.6. The van der Waals surface area contributed by atoms with E-state index < -0.39 is 0 Å². The highest BCUT2D eigenvalue weighted by atomic mass is 16.5. The number of nitriles is 1. The summed E-state index contributed by atoms with van der Waals surface area (Å²) in [7, 11) is 5.88. The Bertz CT molecular complexity index is 1340. The molecule has 2 aromatic carbocycles. The van der Waals surface area contributed by atoms with Crippen molar-refractivity contribution in [1.82, 2.24) is 9.80 Å². The van der Waals surface area contributed by atoms with Crippen LogP contribution in [0.4, 0.5) is 5.69 Å². The molecular formula is C31H38N4O3. The van der Waals surface area contributed by atoms with E-state index in [0.717, 1.165) is 53.8 Å². The van der Waals surface area contributed by atoms with Gasteiger partial charge in [0.2, 0.25) is 0 Å². The van der Waals surface area contributed by atoms with Gasteiger partial charge in [0, 0.05) is 29.6 Å². The molecule has 2 aliphatic carbocycles. The van der Waals surface area contributed by atoms with Crippen molar-refractivity contribution in [3.05, 3.63) is 63.7 Å². The summed E-state index contributed by atoms with van der Waals surface area (Å²) in [6, 6.07) is 11.6. The molecular weight excluding hydrogens is 476 g/mol. The molecule has 0 saturated carbocycles. The van der Waals surface area contributed by atoms with E-state index in [0.29, 0.717) is 35.5 Å². The second kappa shape index (κ2) is 10.7. The zero-order chi connectivity index (χ0) is 27.8. The second-order valence-electron chi connectivity index (χ2n) is 11.5. The Balaban J connectivity index is 0.000000426. The summed E-state index contributed by atoms with van der Waals surface area (Å²) in [6.45, 7) is 8.50. The Morgan fingerprint density at radius 1 is 1.18 bits per heavy atom. The fourth-order valence-electron chi connectivity index (χ4n) is 5.72. The molecule has 38 heavy (non-hydrogen) atoms. The smallest absolute Gasteiger partial charge is 0.194 e. The highest BCUT2D eigenvalue weighted by molar-refractivity contribution is 6.33. The third-order valence-corrected chi connectivity index (χ3v) is 7.72. The summed E-state index contributed by atoms with van der Waals surface area (Å²) in [5, 5.41) is 9.27. The van der Waals surface area contributed by atoms with Crippen LogP contribution in [0, 0.1) is 11.3 Å². The number of likely N-dealkylation sites (tertiary alicyclic amines) is 1. The van der Waals surface area contributed by atoms with E-state index in [1.54, 1.807) is 19.1 Å². The molecule has 7 heteroatoms. The predicted molar refractivity (Wildman–Crippen MR) is 150 cm³/mol. The van der Waals surface area contributed by atoms with Gasteiger partial charge < -0.3 is 20.3 Å². The van der Waals surface area contributed by atoms with Crippen molar-refractivity contribution in [2.75, 3.05) is 46.5 Å². The van der Waals surface area contributed by atoms with Crippen molar-refractivity contribution >= 4 is 22.8 Å². The number of allylic oxidation sites excluding steroid dienone is 2. The van der Waals surface area contributed by atoms with Crippen LogP contribution in [-0.2, 0) is 16.6 Å². The number of carbonyl (C=O) groups is 2. The number of piperidine rings is 1. The molecule has 1 saturated heterocycles. The number of nitrogens with two attached hydrogens (primary N) is 1. The number of benzene rings is 2. The number of carbonyl (C=O) groups excluding carboxylic acids is 2. The van der Waals surface area contributed by atoms with Crippen LogP contribution in [0.5, 0.6) is 5.75 Å². The standard InChI is InChI=1S/C26H27N3O2.C5H11NO/c1-26(2)20-13-23(31-17-6-8-29(3)9-7-17)22(28)12-19(20)25(30)24-18-5-4-15(14-27)10-16(18)11-21(24)26;1-5(7)4-6(2)3/h4-5,10,12-13,17H,6-9,11,28H2,1-3H3;4H2,1-3H3. The fraction of sp³-hybridized carbons (Fsp3) is 0.452. The van der Waals surface area contributed by atoms with Crippen LogP contribution in [0.3, 0.4) is 0 Å². The first kappa shape index (κ1) is 27.6. The quantitative estimate of drug-likeness (QED) is 0.610. The third-order valence-electron chi connectivity index (χ3n) is 7.72. The van der Waals surface area contributed by atoms with Crippen LogP contribution in [0.1, 0.15) is 66.2 Å². The number of nitrogens with zero attached hydrogens (tertiary/aromatic N) is 3. The largest absolute Gasteiger partial charge is 0.488 e. The van der Waals surface area contributed by atoms with Gasteiger partial charge in [0.05, 0.1) is 23.9 Å². The molecule has 0 aromatic heterocycles. The van der Waals surface area contributed by atoms with E-state index in [1.165, 1.54) is 0 Å². The van der Waals surface area contributed by atoms with Gasteiger partial charge in [-0.25, -0.2) is 0 Å². The van der Waals surface area contributed by atoms with Crippen LogP contribution in [-0.4, -0.2) is 68.2 Å². The molecule has 3 aliphatic rings. The fourth-order valence-corrected chi connectivity index (χ4v) is 5.72. The number of hydrogen-bond acceptors (Lipinski definition) is 7. The Morgan fingerprint density at radius 2 is 1.87 bits per heavy atom. The van der Waals surface area contributed by atoms with E-state index in [9.17, 15) is 14.9 Å². The second-order valence-corrected chi connectivity index (χ2v) is 11.5. The monoisotopic (exact) mass is 514 g/mol. The Labute approximate surface area is 225 Å². The highest BCUT2D eigenvalue weighted by Crippen LogP contribution is 2.51. The van der Waals surface area contributed by atoms with Crippen molar-refractivity contribution < 1.29 is 14.3 Å². The summed E-state index contributed by atoms with van der Waals surface area (Å²) in [5.74, 6) is 0.913. The first-order valence-corrected chi connectivity index (χ1v) is 13.2. The van der Waals surface area contributed by atoms with Gasteiger partial charge in [0.15, 0.2) is 5.78 Å². The molecule has 1 heterocycles. The van der Waals surface area contributed by atoms with E-state index in [1.807, 2.05) is 37.2 Å². The SMILES string of the molecule is CC(=O)CN(C)C.CN1CCC(Oc2cc3c(cc2N)C(=O)C2=C(Cc4cc(C#N)ccc42)C3(C)C)CC1. The number of ether oxygens (including phenoxy) is 1. The van der Waals surface area contributed by atoms with Gasteiger partial charge in [-0.2, -0.15) is 5.26 Å². The minimum atomic E-state index is -0.330. The molecule has 2 aromatic rings. The molecule has 0 amide bonds. The first-order valence-electron chi connectivity index (χ1n) is 13.2. The van der Waals surface area contributed by atoms with Gasteiger partial charge in [-0.3, -0.25) is 9.59 Å². The third kappa shape index (κ3) is 5.38. The average molecular weight is 515 g/mol. The Morgan fingerprint density at radius 3 is 2.45 bits per heavy atom. The molecule has 1 aliphatic heterocycles. The van der Waals surface area contributed by atoms with E-state index in [-0.39, 0.29) is 23.1 Å². The number of likely N-dealkylation sites (N-methyl/N-ethyl adjacent to an activating group) is 1. The van der Waals surface area contributed by atoms with E-state index >= 15 is 0 Å². The summed E-state index contributed by atoms with van der Waals surface area (Å²) in [6.07, 6.45) is 2.78. The maximum absolute atomic E-state index is 13.6. The molecule has 0 bridgehead atoms. The van der Waals surface area contributed by atoms with Crippen molar-refractivity contribution in [2.24, 2.45) is 0 Å². The van der Waals surface area contributed by atoms with Crippen molar-refractivity contribution in [3.8, 4) is 11.8 Å². The number of hydrogen-bond donors (Lipinski definition) is 1. The van der Waals surface area contributed by atoms with Crippen LogP contribution < -0.4 is 10.5 Å². The normalized spacial score (nSPS) is 18.2. The van der Waals surface area contributed by atoms with Crippen LogP contribution in [0.2, 0.25) is 0 Å². The van der Waals surface area contributed by atoms with Crippen molar-refractivity contribution in [2.45, 2.75) is 51.6 Å². The number of Topliss-reactive ketones (excluding diaryl/α,β-unsaturated/α-hetero) is 2. The van der Waals surface area contributed by atoms with Gasteiger partial charge in [-0.15, -0.1) is 0 Å². The van der Waals surface area contributed by atoms with Crippen molar-refractivity contribution in [3.63, 3.8) is 0 Å². The lowest BCUT2D eigenvalue weighted by Gasteiger charge is -2.35. The first-order chi connectivity index (χ1) is 17.9. The molecule has 0 atom stereocenters. The van der Waals surface area contributed by atoms with Crippen LogP contribution in [0.25, 0.3) is 5.57 Å². The average Bonchev–Trinajstić information content (AvgIpc) is 3.24. The van der Waals surface area contributed by atoms with Gasteiger partial charge in [0.25, 0.3) is 0 Å². The topological polar surface area (TPSA) is 99.7 Å². The highest BCUT2D eigenvalue weighted by Gasteiger charge is 2.43. The van der Waals surface area contributed by atoms with Crippen molar-refractivity contribution in [1.29, 1.82) is 5.26 Å². The Kier molecular flexibility index (Phi) is 7.78. The minimum Gasteiger partial charge on any atom is -0.488 e. The van der Waals surface area contributed by atoms with Crippen LogP contribution in [0.15, 0.2) is 35.9 Å². The van der Waals surface area contributed by atoms with Gasteiger partial charge >= 0.3 is 0 Å². The van der Waals surface area contributed by atoms with Crippen LogP contribution >= 0.6 is 0 Å². The molecule has 0 unspecified atom stereocenters. The number of fused-ring (bicyclic) bond motifs is 3. The lowest BCUT2D eigenvalue weighted by molar-refractivity contribution is -0.117. The molecule has 0 radical (unpaired) electrons. The molecule has 200 valence electrons. The number of ketones is 2. The zero-order valence-corrected chi connectivity index (χ0v) is 23.4. The Hall–Kier alpha value is -3.47. The number of rotatable bonds is 4.